The summed E-state index contributed by atoms with van der Waals surface area (Å²) in [5.74, 6) is 1.18. The van der Waals surface area contributed by atoms with Crippen LogP contribution in [0.4, 0.5) is 10.5 Å². The van der Waals surface area contributed by atoms with Crippen LogP contribution < -0.4 is 14.8 Å². The molecule has 0 aliphatic heterocycles. The maximum atomic E-state index is 12.6. The summed E-state index contributed by atoms with van der Waals surface area (Å²) in [4.78, 5) is 12.6. The Morgan fingerprint density at radius 3 is 2.70 bits per heavy atom. The summed E-state index contributed by atoms with van der Waals surface area (Å²) in [5.41, 5.74) is 2.34. The number of aryl methyl sites for hydroxylation is 1. The van der Waals surface area contributed by atoms with Crippen molar-refractivity contribution in [3.63, 3.8) is 0 Å². The Morgan fingerprint density at radius 2 is 1.96 bits per heavy atom. The summed E-state index contributed by atoms with van der Waals surface area (Å²) in [7, 11) is 3.11. The number of ether oxygens (including phenoxy) is 2. The molecule has 2 aromatic carbocycles. The Kier molecular flexibility index (Phi) is 3.89. The summed E-state index contributed by atoms with van der Waals surface area (Å²) in [6.45, 7) is 1.97. The van der Waals surface area contributed by atoms with E-state index in [2.05, 4.69) is 10.4 Å². The molecule has 0 spiro atoms. The molecule has 23 heavy (non-hydrogen) atoms. The van der Waals surface area contributed by atoms with Crippen molar-refractivity contribution in [1.29, 1.82) is 0 Å². The Labute approximate surface area is 133 Å². The van der Waals surface area contributed by atoms with Crippen LogP contribution in [0, 0.1) is 6.92 Å². The van der Waals surface area contributed by atoms with E-state index in [1.165, 1.54) is 4.68 Å². The fraction of sp³-hybridized carbons (Fsp3) is 0.176. The van der Waals surface area contributed by atoms with E-state index in [1.54, 1.807) is 38.6 Å². The van der Waals surface area contributed by atoms with Crippen LogP contribution in [0.5, 0.6) is 11.5 Å². The smallest absolute Gasteiger partial charge is 0.347 e. The van der Waals surface area contributed by atoms with Crippen molar-refractivity contribution in [3.8, 4) is 11.5 Å². The topological polar surface area (TPSA) is 65.4 Å². The van der Waals surface area contributed by atoms with E-state index in [9.17, 15) is 4.79 Å². The van der Waals surface area contributed by atoms with E-state index < -0.39 is 0 Å². The van der Waals surface area contributed by atoms with Gasteiger partial charge in [-0.15, -0.1) is 0 Å². The van der Waals surface area contributed by atoms with Gasteiger partial charge in [-0.1, -0.05) is 12.1 Å². The first-order valence-electron chi connectivity index (χ1n) is 7.10. The summed E-state index contributed by atoms with van der Waals surface area (Å²) in [6, 6.07) is 10.7. The number of aromatic nitrogens is 2. The molecular weight excluding hydrogens is 294 g/mol. The molecule has 6 heteroatoms. The maximum Gasteiger partial charge on any atom is 0.347 e. The lowest BCUT2D eigenvalue weighted by atomic mass is 10.2. The maximum absolute atomic E-state index is 12.6. The van der Waals surface area contributed by atoms with Crippen molar-refractivity contribution in [2.75, 3.05) is 19.5 Å². The second-order valence-electron chi connectivity index (χ2n) is 5.12. The highest BCUT2D eigenvalue weighted by Crippen LogP contribution is 2.29. The molecule has 0 radical (unpaired) electrons. The number of hydrogen-bond acceptors (Lipinski definition) is 4. The van der Waals surface area contributed by atoms with Crippen molar-refractivity contribution in [1.82, 2.24) is 9.78 Å². The van der Waals surface area contributed by atoms with Gasteiger partial charge in [0, 0.05) is 11.5 Å². The number of rotatable bonds is 3. The molecule has 1 amide bonds. The number of nitrogens with zero attached hydrogens (tertiary/aromatic N) is 2. The van der Waals surface area contributed by atoms with E-state index >= 15 is 0 Å². The van der Waals surface area contributed by atoms with Gasteiger partial charge < -0.3 is 14.8 Å². The van der Waals surface area contributed by atoms with Crippen LogP contribution in [-0.4, -0.2) is 30.0 Å². The monoisotopic (exact) mass is 311 g/mol. The number of benzene rings is 2. The highest BCUT2D eigenvalue weighted by Gasteiger charge is 2.14. The molecule has 0 bridgehead atoms. The van der Waals surface area contributed by atoms with Crippen molar-refractivity contribution in [2.24, 2.45) is 0 Å². The number of nitrogens with one attached hydrogen (secondary N) is 1. The van der Waals surface area contributed by atoms with Gasteiger partial charge in [-0.3, -0.25) is 0 Å². The van der Waals surface area contributed by atoms with Crippen molar-refractivity contribution in [3.05, 3.63) is 48.2 Å². The van der Waals surface area contributed by atoms with Gasteiger partial charge in [-0.2, -0.15) is 9.78 Å². The number of carbonyl (C=O) groups is 1. The molecule has 1 N–H and O–H groups in total. The largest absolute Gasteiger partial charge is 0.497 e. The second kappa shape index (κ2) is 6.00. The second-order valence-corrected chi connectivity index (χ2v) is 5.12. The van der Waals surface area contributed by atoms with Crippen molar-refractivity contribution >= 4 is 22.6 Å². The first kappa shape index (κ1) is 14.9. The van der Waals surface area contributed by atoms with Gasteiger partial charge in [0.15, 0.2) is 0 Å². The number of fused-ring (bicyclic) bond motifs is 1. The summed E-state index contributed by atoms with van der Waals surface area (Å²) >= 11 is 0. The molecule has 118 valence electrons. The first-order chi connectivity index (χ1) is 11.1. The lowest BCUT2D eigenvalue weighted by Crippen LogP contribution is -2.20. The van der Waals surface area contributed by atoms with E-state index in [-0.39, 0.29) is 6.03 Å². The average Bonchev–Trinajstić information content (AvgIpc) is 2.97. The number of hydrogen-bond donors (Lipinski definition) is 1. The summed E-state index contributed by atoms with van der Waals surface area (Å²) < 4.78 is 11.8. The zero-order valence-corrected chi connectivity index (χ0v) is 13.2. The lowest BCUT2D eigenvalue weighted by molar-refractivity contribution is 0.251. The van der Waals surface area contributed by atoms with Gasteiger partial charge in [0.05, 0.1) is 31.6 Å². The molecule has 0 atom stereocenters. The van der Waals surface area contributed by atoms with E-state index in [1.807, 2.05) is 25.1 Å². The summed E-state index contributed by atoms with van der Waals surface area (Å²) in [5, 5.41) is 7.88. The Morgan fingerprint density at radius 1 is 1.13 bits per heavy atom. The van der Waals surface area contributed by atoms with Gasteiger partial charge in [-0.25, -0.2) is 4.79 Å². The zero-order chi connectivity index (χ0) is 16.4. The predicted octanol–water partition coefficient (Wildman–Crippen LogP) is 3.44. The number of amides is 1. The fourth-order valence-electron chi connectivity index (χ4n) is 2.37. The van der Waals surface area contributed by atoms with Crippen LogP contribution in [0.1, 0.15) is 5.56 Å². The molecular formula is C17H17N3O3. The van der Waals surface area contributed by atoms with E-state index in [4.69, 9.17) is 9.47 Å². The van der Waals surface area contributed by atoms with Crippen LogP contribution in [0.25, 0.3) is 10.9 Å². The van der Waals surface area contributed by atoms with Crippen molar-refractivity contribution < 1.29 is 14.3 Å². The normalized spacial score (nSPS) is 10.6. The average molecular weight is 311 g/mol. The molecule has 0 saturated heterocycles. The Hall–Kier alpha value is -3.02. The third-order valence-corrected chi connectivity index (χ3v) is 3.57. The van der Waals surface area contributed by atoms with Gasteiger partial charge in [0.2, 0.25) is 0 Å². The highest BCUT2D eigenvalue weighted by atomic mass is 16.5. The molecule has 0 aliphatic carbocycles. The predicted molar refractivity (Wildman–Crippen MR) is 88.4 cm³/mol. The summed E-state index contributed by atoms with van der Waals surface area (Å²) in [6.07, 6.45) is 1.66. The molecule has 0 aliphatic rings. The number of anilines is 1. The van der Waals surface area contributed by atoms with Crippen LogP contribution in [0.3, 0.4) is 0 Å². The molecule has 0 fully saturated rings. The molecule has 6 nitrogen and oxygen atoms in total. The van der Waals surface area contributed by atoms with Crippen LogP contribution >= 0.6 is 0 Å². The first-order valence-corrected chi connectivity index (χ1v) is 7.10. The minimum absolute atomic E-state index is 0.364. The third-order valence-electron chi connectivity index (χ3n) is 3.57. The van der Waals surface area contributed by atoms with E-state index in [0.29, 0.717) is 17.2 Å². The van der Waals surface area contributed by atoms with Crippen molar-refractivity contribution in [2.45, 2.75) is 6.92 Å². The van der Waals surface area contributed by atoms with E-state index in [0.717, 1.165) is 16.5 Å². The fourth-order valence-corrected chi connectivity index (χ4v) is 2.37. The Balaban J connectivity index is 1.96. The Bertz CT molecular complexity index is 871. The lowest BCUT2D eigenvalue weighted by Gasteiger charge is -2.12. The van der Waals surface area contributed by atoms with Gasteiger partial charge in [0.1, 0.15) is 11.5 Å². The molecule has 3 rings (SSSR count). The quantitative estimate of drug-likeness (QED) is 0.804. The molecule has 0 saturated carbocycles. The molecule has 1 aromatic heterocycles. The molecule has 3 aromatic rings. The highest BCUT2D eigenvalue weighted by molar-refractivity contribution is 5.98. The molecule has 1 heterocycles. The molecule has 0 unspecified atom stereocenters. The SMILES string of the molecule is COc1ccc(OC)c(NC(=O)n2ncc3ccc(C)cc32)c1. The standard InChI is InChI=1S/C17H17N3O3/c1-11-4-5-12-10-18-20(15(12)8-11)17(21)19-14-9-13(22-2)6-7-16(14)23-3/h4-10H,1-3H3,(H,19,21). The van der Waals surface area contributed by atoms with Gasteiger partial charge >= 0.3 is 6.03 Å². The number of methoxy groups -OCH3 is 2. The van der Waals surface area contributed by atoms with Gasteiger partial charge in [0.25, 0.3) is 0 Å². The van der Waals surface area contributed by atoms with Crippen LogP contribution in [0.2, 0.25) is 0 Å². The van der Waals surface area contributed by atoms with Gasteiger partial charge in [-0.05, 0) is 30.7 Å². The minimum Gasteiger partial charge on any atom is -0.497 e. The van der Waals surface area contributed by atoms with Crippen LogP contribution in [-0.2, 0) is 0 Å². The third kappa shape index (κ3) is 2.83. The number of carbonyl (C=O) groups excluding carboxylic acids is 1. The minimum atomic E-state index is -0.364. The zero-order valence-electron chi connectivity index (χ0n) is 13.2. The van der Waals surface area contributed by atoms with Crippen LogP contribution in [0.15, 0.2) is 42.6 Å².